The average molecular weight is 312 g/mol. The second-order valence-corrected chi connectivity index (χ2v) is 5.99. The van der Waals surface area contributed by atoms with Gasteiger partial charge in [-0.25, -0.2) is 0 Å². The summed E-state index contributed by atoms with van der Waals surface area (Å²) in [4.78, 5) is 30.0. The third-order valence-corrected chi connectivity index (χ3v) is 4.60. The first kappa shape index (κ1) is 14.2. The van der Waals surface area contributed by atoms with Crippen molar-refractivity contribution in [3.05, 3.63) is 20.0 Å². The van der Waals surface area contributed by atoms with Gasteiger partial charge < -0.3 is 15.6 Å². The van der Waals surface area contributed by atoms with Gasteiger partial charge in [-0.3, -0.25) is 19.1 Å². The van der Waals surface area contributed by atoms with Gasteiger partial charge >= 0.3 is 4.87 Å². The number of thiazole rings is 1. The van der Waals surface area contributed by atoms with Crippen LogP contribution in [0.4, 0.5) is 5.95 Å². The Bertz CT molecular complexity index is 780. The highest BCUT2D eigenvalue weighted by atomic mass is 32.1. The molecule has 21 heavy (non-hydrogen) atoms. The van der Waals surface area contributed by atoms with E-state index in [4.69, 9.17) is 10.5 Å². The molecule has 0 radical (unpaired) electrons. The Labute approximate surface area is 123 Å². The molecule has 0 aromatic carbocycles. The van der Waals surface area contributed by atoms with Crippen LogP contribution in [-0.2, 0) is 4.74 Å². The second kappa shape index (κ2) is 5.24. The zero-order valence-corrected chi connectivity index (χ0v) is 12.2. The van der Waals surface area contributed by atoms with Gasteiger partial charge in [-0.15, -0.1) is 0 Å². The van der Waals surface area contributed by atoms with Crippen LogP contribution in [0.2, 0.25) is 0 Å². The van der Waals surface area contributed by atoms with Crippen molar-refractivity contribution in [2.75, 3.05) is 5.73 Å². The average Bonchev–Trinajstić information content (AvgIpc) is 3.02. The number of aromatic amines is 1. The molecule has 1 saturated heterocycles. The zero-order valence-electron chi connectivity index (χ0n) is 11.4. The molecule has 3 rings (SSSR count). The topological polar surface area (TPSA) is 123 Å². The third-order valence-electron chi connectivity index (χ3n) is 3.66. The number of aromatic nitrogens is 3. The van der Waals surface area contributed by atoms with E-state index < -0.39 is 17.9 Å². The van der Waals surface area contributed by atoms with Gasteiger partial charge in [0.2, 0.25) is 5.95 Å². The molecule has 114 valence electrons. The van der Waals surface area contributed by atoms with Crippen molar-refractivity contribution < 1.29 is 9.84 Å². The summed E-state index contributed by atoms with van der Waals surface area (Å²) in [7, 11) is 0. The smallest absolute Gasteiger partial charge is 0.311 e. The van der Waals surface area contributed by atoms with Crippen LogP contribution < -0.4 is 16.2 Å². The number of hydrogen-bond acceptors (Lipinski definition) is 7. The number of nitrogens with two attached hydrogens (primary N) is 1. The Balaban J connectivity index is 2.04. The summed E-state index contributed by atoms with van der Waals surface area (Å²) in [5, 5.41) is 9.84. The quantitative estimate of drug-likeness (QED) is 0.742. The fourth-order valence-corrected chi connectivity index (χ4v) is 3.44. The van der Waals surface area contributed by atoms with Crippen molar-refractivity contribution in [1.29, 1.82) is 0 Å². The summed E-state index contributed by atoms with van der Waals surface area (Å²) < 4.78 is 7.34. The highest BCUT2D eigenvalue weighted by Crippen LogP contribution is 2.32. The number of nitrogen functional groups attached to an aromatic ring is 1. The molecular weight excluding hydrogens is 296 g/mol. The number of nitrogens with one attached hydrogen (secondary N) is 1. The molecule has 2 aromatic rings. The molecular formula is C12H16N4O4S. The number of fused-ring (bicyclic) bond motifs is 1. The molecule has 1 aliphatic rings. The van der Waals surface area contributed by atoms with Crippen LogP contribution >= 0.6 is 11.3 Å². The second-order valence-electron chi connectivity index (χ2n) is 5.02. The van der Waals surface area contributed by atoms with Gasteiger partial charge in [-0.2, -0.15) is 4.98 Å². The van der Waals surface area contributed by atoms with Crippen molar-refractivity contribution >= 4 is 27.6 Å². The number of aliphatic hydroxyl groups excluding tert-OH is 1. The van der Waals surface area contributed by atoms with Crippen molar-refractivity contribution in [3.63, 3.8) is 0 Å². The van der Waals surface area contributed by atoms with Gasteiger partial charge in [0.05, 0.1) is 12.2 Å². The van der Waals surface area contributed by atoms with Crippen LogP contribution in [0.3, 0.4) is 0 Å². The van der Waals surface area contributed by atoms with E-state index in [0.29, 0.717) is 19.3 Å². The third kappa shape index (κ3) is 2.37. The maximum atomic E-state index is 12.1. The standard InChI is InChI=1S/C12H16N4O4S/c1-2-5(17)6-3-4-7(20-6)16-9-8(21-12(16)19)10(18)15-11(13)14-9/h5-7,17H,2-4H2,1H3,(H3,13,14,15,18)/t5?,6-,7+/m0/s1. The molecule has 8 nitrogen and oxygen atoms in total. The predicted octanol–water partition coefficient (Wildman–Crippen LogP) is 0.177. The van der Waals surface area contributed by atoms with Gasteiger partial charge in [0.25, 0.3) is 5.56 Å². The summed E-state index contributed by atoms with van der Waals surface area (Å²) >= 11 is 0.819. The number of aliphatic hydroxyl groups is 1. The fourth-order valence-electron chi connectivity index (χ4n) is 2.58. The Morgan fingerprint density at radius 3 is 3.05 bits per heavy atom. The van der Waals surface area contributed by atoms with Crippen LogP contribution in [-0.4, -0.2) is 31.8 Å². The molecule has 1 fully saturated rings. The largest absolute Gasteiger partial charge is 0.390 e. The summed E-state index contributed by atoms with van der Waals surface area (Å²) in [6.07, 6.45) is 0.440. The van der Waals surface area contributed by atoms with E-state index in [-0.39, 0.29) is 27.3 Å². The normalized spacial score (nSPS) is 23.7. The molecule has 3 heterocycles. The summed E-state index contributed by atoms with van der Waals surface area (Å²) in [6.45, 7) is 1.87. The van der Waals surface area contributed by atoms with E-state index in [0.717, 1.165) is 11.3 Å². The molecule has 0 spiro atoms. The van der Waals surface area contributed by atoms with Crippen LogP contribution in [0, 0.1) is 0 Å². The summed E-state index contributed by atoms with van der Waals surface area (Å²) in [5.41, 5.74) is 5.35. The first-order chi connectivity index (χ1) is 10.0. The van der Waals surface area contributed by atoms with Gasteiger partial charge in [-0.05, 0) is 19.3 Å². The van der Waals surface area contributed by atoms with Crippen LogP contribution in [0.1, 0.15) is 32.4 Å². The van der Waals surface area contributed by atoms with E-state index in [1.54, 1.807) is 0 Å². The van der Waals surface area contributed by atoms with Gasteiger partial charge in [0.15, 0.2) is 5.65 Å². The molecule has 0 saturated carbocycles. The molecule has 2 aromatic heterocycles. The number of H-pyrrole nitrogens is 1. The van der Waals surface area contributed by atoms with Crippen LogP contribution in [0.25, 0.3) is 10.3 Å². The zero-order chi connectivity index (χ0) is 15.1. The van der Waals surface area contributed by atoms with E-state index in [1.165, 1.54) is 4.57 Å². The molecule has 0 amide bonds. The number of nitrogens with zero attached hydrogens (tertiary/aromatic N) is 2. The lowest BCUT2D eigenvalue weighted by Crippen LogP contribution is -2.27. The monoisotopic (exact) mass is 312 g/mol. The van der Waals surface area contributed by atoms with Crippen molar-refractivity contribution in [3.8, 4) is 0 Å². The lowest BCUT2D eigenvalue weighted by molar-refractivity contribution is -0.0590. The Hall–Kier alpha value is -1.71. The minimum absolute atomic E-state index is 0.0396. The van der Waals surface area contributed by atoms with Crippen LogP contribution in [0.5, 0.6) is 0 Å². The van der Waals surface area contributed by atoms with Gasteiger partial charge in [-0.1, -0.05) is 18.3 Å². The molecule has 0 bridgehead atoms. The molecule has 1 aliphatic heterocycles. The predicted molar refractivity (Wildman–Crippen MR) is 78.4 cm³/mol. The van der Waals surface area contributed by atoms with Crippen molar-refractivity contribution in [2.24, 2.45) is 0 Å². The van der Waals surface area contributed by atoms with E-state index in [9.17, 15) is 14.7 Å². The Kier molecular flexibility index (Phi) is 3.56. The first-order valence-electron chi connectivity index (χ1n) is 6.75. The van der Waals surface area contributed by atoms with Gasteiger partial charge in [0.1, 0.15) is 10.9 Å². The Morgan fingerprint density at radius 2 is 2.33 bits per heavy atom. The molecule has 9 heteroatoms. The minimum Gasteiger partial charge on any atom is -0.390 e. The van der Waals surface area contributed by atoms with Crippen molar-refractivity contribution in [2.45, 2.75) is 44.6 Å². The summed E-state index contributed by atoms with van der Waals surface area (Å²) in [5.74, 6) is -0.0396. The fraction of sp³-hybridized carbons (Fsp3) is 0.583. The van der Waals surface area contributed by atoms with Gasteiger partial charge in [0, 0.05) is 0 Å². The SMILES string of the molecule is CCC(O)[C@@H]1CC[C@H](n2c(=O)sc3c(=O)[nH]c(N)nc32)O1. The number of anilines is 1. The lowest BCUT2D eigenvalue weighted by Gasteiger charge is -2.18. The number of hydrogen-bond donors (Lipinski definition) is 3. The van der Waals surface area contributed by atoms with Crippen LogP contribution in [0.15, 0.2) is 9.59 Å². The van der Waals surface area contributed by atoms with E-state index >= 15 is 0 Å². The maximum absolute atomic E-state index is 12.1. The molecule has 0 aliphatic carbocycles. The molecule has 3 atom stereocenters. The molecule has 1 unspecified atom stereocenters. The number of ether oxygens (including phenoxy) is 1. The highest BCUT2D eigenvalue weighted by molar-refractivity contribution is 7.16. The Morgan fingerprint density at radius 1 is 1.57 bits per heavy atom. The maximum Gasteiger partial charge on any atom is 0.311 e. The van der Waals surface area contributed by atoms with E-state index in [1.807, 2.05) is 6.92 Å². The highest BCUT2D eigenvalue weighted by Gasteiger charge is 2.33. The first-order valence-corrected chi connectivity index (χ1v) is 7.57. The van der Waals surface area contributed by atoms with E-state index in [2.05, 4.69) is 9.97 Å². The van der Waals surface area contributed by atoms with Crippen molar-refractivity contribution in [1.82, 2.24) is 14.5 Å². The lowest BCUT2D eigenvalue weighted by atomic mass is 10.1. The molecule has 4 N–H and O–H groups in total. The minimum atomic E-state index is -0.558. The number of rotatable bonds is 3. The summed E-state index contributed by atoms with van der Waals surface area (Å²) in [6, 6.07) is 0.